The van der Waals surface area contributed by atoms with Gasteiger partial charge in [-0.25, -0.2) is 0 Å². The minimum atomic E-state index is -0.0486. The van der Waals surface area contributed by atoms with Crippen molar-refractivity contribution in [3.8, 4) is 0 Å². The maximum atomic E-state index is 4.57. The summed E-state index contributed by atoms with van der Waals surface area (Å²) in [5.74, 6) is 0.581. The van der Waals surface area contributed by atoms with Gasteiger partial charge >= 0.3 is 0 Å². The van der Waals surface area contributed by atoms with E-state index in [1.807, 2.05) is 20.1 Å². The molecule has 1 aliphatic rings. The summed E-state index contributed by atoms with van der Waals surface area (Å²) in [6, 6.07) is 0. The van der Waals surface area contributed by atoms with Crippen molar-refractivity contribution in [1.82, 2.24) is 0 Å². The molecule has 0 aromatic heterocycles. The molecular weight excluding hydrogens is 194 g/mol. The zero-order valence-corrected chi connectivity index (χ0v) is 12.0. The van der Waals surface area contributed by atoms with Crippen molar-refractivity contribution in [3.63, 3.8) is 0 Å². The Morgan fingerprint density at radius 2 is 1.81 bits per heavy atom. The van der Waals surface area contributed by atoms with E-state index in [0.717, 1.165) is 6.42 Å². The number of hydrogen-bond acceptors (Lipinski definition) is 1. The van der Waals surface area contributed by atoms with E-state index in [9.17, 15) is 0 Å². The minimum Gasteiger partial charge on any atom is -0.283 e. The first-order chi connectivity index (χ1) is 7.44. The molecule has 16 heavy (non-hydrogen) atoms. The van der Waals surface area contributed by atoms with Crippen molar-refractivity contribution in [2.45, 2.75) is 60.4 Å². The summed E-state index contributed by atoms with van der Waals surface area (Å²) in [6.07, 6.45) is 7.63. The molecule has 0 aromatic rings. The Labute approximate surface area is 101 Å². The molecular formula is C15H27N. The summed E-state index contributed by atoms with van der Waals surface area (Å²) < 4.78 is 0. The van der Waals surface area contributed by atoms with Crippen molar-refractivity contribution >= 4 is 6.21 Å². The molecule has 0 unspecified atom stereocenters. The van der Waals surface area contributed by atoms with Gasteiger partial charge in [-0.15, -0.1) is 0 Å². The first kappa shape index (κ1) is 15.2. The topological polar surface area (TPSA) is 12.4 Å². The summed E-state index contributed by atoms with van der Waals surface area (Å²) in [7, 11) is 0. The highest BCUT2D eigenvalue weighted by molar-refractivity contribution is 5.80. The molecule has 92 valence electrons. The summed E-state index contributed by atoms with van der Waals surface area (Å²) in [4.78, 5) is 4.57. The molecule has 0 aliphatic carbocycles. The van der Waals surface area contributed by atoms with Crippen LogP contribution in [-0.2, 0) is 0 Å². The van der Waals surface area contributed by atoms with Crippen LogP contribution in [0.25, 0.3) is 0 Å². The van der Waals surface area contributed by atoms with Gasteiger partial charge in [-0.05, 0) is 37.3 Å². The molecule has 0 bridgehead atoms. The highest BCUT2D eigenvalue weighted by atomic mass is 14.8. The average molecular weight is 221 g/mol. The maximum absolute atomic E-state index is 4.57. The lowest BCUT2D eigenvalue weighted by atomic mass is 9.95. The molecule has 1 heteroatoms. The van der Waals surface area contributed by atoms with E-state index in [0.29, 0.717) is 5.92 Å². The molecule has 0 radical (unpaired) electrons. The zero-order valence-electron chi connectivity index (χ0n) is 12.0. The van der Waals surface area contributed by atoms with Crippen LogP contribution in [0, 0.1) is 5.92 Å². The van der Waals surface area contributed by atoms with Crippen LogP contribution in [0.5, 0.6) is 0 Å². The fourth-order valence-corrected chi connectivity index (χ4v) is 1.51. The first-order valence-electron chi connectivity index (χ1n) is 6.43. The average Bonchev–Trinajstić information content (AvgIpc) is 2.39. The van der Waals surface area contributed by atoms with Gasteiger partial charge in [0.15, 0.2) is 0 Å². The Hall–Kier alpha value is -0.850. The molecule has 0 saturated carbocycles. The predicted octanol–water partition coefficient (Wildman–Crippen LogP) is 4.79. The lowest BCUT2D eigenvalue weighted by Gasteiger charge is -2.16. The van der Waals surface area contributed by atoms with Crippen molar-refractivity contribution in [2.75, 3.05) is 0 Å². The summed E-state index contributed by atoms with van der Waals surface area (Å²) in [5, 5.41) is 0. The molecule has 0 aromatic carbocycles. The number of rotatable bonds is 2. The third kappa shape index (κ3) is 4.78. The van der Waals surface area contributed by atoms with Gasteiger partial charge in [0.25, 0.3) is 0 Å². The predicted molar refractivity (Wildman–Crippen MR) is 75.2 cm³/mol. The highest BCUT2D eigenvalue weighted by Crippen LogP contribution is 2.24. The molecule has 0 amide bonds. The number of allylic oxidation sites excluding steroid dienone is 3. The minimum absolute atomic E-state index is 0.0486. The van der Waals surface area contributed by atoms with E-state index >= 15 is 0 Å². The molecule has 0 saturated heterocycles. The molecule has 0 N–H and O–H groups in total. The lowest BCUT2D eigenvalue weighted by Crippen LogP contribution is -2.13. The fourth-order valence-electron chi connectivity index (χ4n) is 1.51. The zero-order chi connectivity index (χ0) is 12.8. The largest absolute Gasteiger partial charge is 0.283 e. The van der Waals surface area contributed by atoms with Gasteiger partial charge in [-0.2, -0.15) is 0 Å². The van der Waals surface area contributed by atoms with Gasteiger partial charge < -0.3 is 0 Å². The van der Waals surface area contributed by atoms with Gasteiger partial charge in [0, 0.05) is 6.21 Å². The smallest absolute Gasteiger partial charge is 0.0737 e. The monoisotopic (exact) mass is 221 g/mol. The van der Waals surface area contributed by atoms with Crippen molar-refractivity contribution in [3.05, 3.63) is 23.3 Å². The second-order valence-electron chi connectivity index (χ2n) is 4.78. The third-order valence-corrected chi connectivity index (χ3v) is 2.51. The van der Waals surface area contributed by atoms with E-state index in [4.69, 9.17) is 0 Å². The van der Waals surface area contributed by atoms with Crippen LogP contribution in [0.4, 0.5) is 0 Å². The van der Waals surface area contributed by atoms with E-state index in [2.05, 4.69) is 51.8 Å². The van der Waals surface area contributed by atoms with E-state index in [-0.39, 0.29) is 5.54 Å². The Bertz CT molecular complexity index is 291. The Morgan fingerprint density at radius 3 is 2.25 bits per heavy atom. The van der Waals surface area contributed by atoms with E-state index in [1.54, 1.807) is 0 Å². The molecule has 0 atom stereocenters. The van der Waals surface area contributed by atoms with Crippen LogP contribution in [0.15, 0.2) is 28.3 Å². The Morgan fingerprint density at radius 1 is 1.25 bits per heavy atom. The Kier molecular flexibility index (Phi) is 6.32. The van der Waals surface area contributed by atoms with Gasteiger partial charge in [0.2, 0.25) is 0 Å². The van der Waals surface area contributed by atoms with Gasteiger partial charge in [-0.1, -0.05) is 46.8 Å². The van der Waals surface area contributed by atoms with Crippen LogP contribution < -0.4 is 0 Å². The van der Waals surface area contributed by atoms with E-state index < -0.39 is 0 Å². The van der Waals surface area contributed by atoms with E-state index in [1.165, 1.54) is 11.1 Å². The second kappa shape index (κ2) is 6.67. The summed E-state index contributed by atoms with van der Waals surface area (Å²) in [6.45, 7) is 14.9. The van der Waals surface area contributed by atoms with Crippen LogP contribution in [-0.4, -0.2) is 11.8 Å². The van der Waals surface area contributed by atoms with Crippen LogP contribution in [0.1, 0.15) is 54.9 Å². The molecule has 1 heterocycles. The van der Waals surface area contributed by atoms with Crippen LogP contribution >= 0.6 is 0 Å². The van der Waals surface area contributed by atoms with Crippen LogP contribution in [0.3, 0.4) is 0 Å². The molecule has 0 spiro atoms. The maximum Gasteiger partial charge on any atom is 0.0737 e. The highest BCUT2D eigenvalue weighted by Gasteiger charge is 2.16. The molecule has 1 rings (SSSR count). The molecule has 1 nitrogen and oxygen atoms in total. The van der Waals surface area contributed by atoms with Crippen molar-refractivity contribution in [2.24, 2.45) is 10.9 Å². The lowest BCUT2D eigenvalue weighted by molar-refractivity contribution is 0.645. The summed E-state index contributed by atoms with van der Waals surface area (Å²) in [5.41, 5.74) is 2.69. The SMILES string of the molecule is CC.CCC1=CC(C(C)C)=CC(C)(C)N=C1. The molecule has 1 aliphatic heterocycles. The first-order valence-corrected chi connectivity index (χ1v) is 6.43. The number of nitrogens with zero attached hydrogens (tertiary/aromatic N) is 1. The van der Waals surface area contributed by atoms with Crippen LogP contribution in [0.2, 0.25) is 0 Å². The normalized spacial score (nSPS) is 18.2. The number of aliphatic imine (C=N–C) groups is 1. The third-order valence-electron chi connectivity index (χ3n) is 2.51. The Balaban J connectivity index is 0.00000106. The van der Waals surface area contributed by atoms with Crippen molar-refractivity contribution in [1.29, 1.82) is 0 Å². The van der Waals surface area contributed by atoms with Gasteiger partial charge in [0.1, 0.15) is 0 Å². The standard InChI is InChI=1S/C13H21N.C2H6/c1-6-11-7-12(10(2)3)8-13(4,5)14-9-11;1-2/h7-10H,6H2,1-5H3;1-2H3. The molecule has 0 fully saturated rings. The van der Waals surface area contributed by atoms with Gasteiger partial charge in [-0.3, -0.25) is 4.99 Å². The number of hydrogen-bond donors (Lipinski definition) is 0. The van der Waals surface area contributed by atoms with Crippen molar-refractivity contribution < 1.29 is 0 Å². The van der Waals surface area contributed by atoms with Gasteiger partial charge in [0.05, 0.1) is 5.54 Å². The fraction of sp³-hybridized carbons (Fsp3) is 0.667. The second-order valence-corrected chi connectivity index (χ2v) is 4.78. The summed E-state index contributed by atoms with van der Waals surface area (Å²) >= 11 is 0. The quantitative estimate of drug-likeness (QED) is 0.635.